The minimum atomic E-state index is -1.99. The molecule has 34 heavy (non-hydrogen) atoms. The Bertz CT molecular complexity index is 1090. The first kappa shape index (κ1) is 25.8. The van der Waals surface area contributed by atoms with Gasteiger partial charge in [-0.1, -0.05) is 0 Å². The molecule has 0 amide bonds. The molecule has 0 aromatic heterocycles. The summed E-state index contributed by atoms with van der Waals surface area (Å²) in [6, 6.07) is 22.4. The maximum atomic E-state index is 4.92. The van der Waals surface area contributed by atoms with Crippen LogP contribution in [0.1, 0.15) is 74.3 Å². The van der Waals surface area contributed by atoms with E-state index in [4.69, 9.17) is 4.21 Å². The van der Waals surface area contributed by atoms with Crippen LogP contribution in [0.25, 0.3) is 0 Å². The Morgan fingerprint density at radius 3 is 1.44 bits per heavy atom. The number of hydrogen-bond donors (Lipinski definition) is 0. The van der Waals surface area contributed by atoms with Crippen molar-refractivity contribution >= 4 is 4.21 Å². The van der Waals surface area contributed by atoms with Crippen LogP contribution in [-0.4, -0.2) is 4.21 Å². The molecule has 0 radical (unpaired) electrons. The Hall–Kier alpha value is -1.27. The van der Waals surface area contributed by atoms with Gasteiger partial charge >= 0.3 is 201 Å². The molecule has 4 aliphatic rings. The maximum absolute atomic E-state index is 4.92. The SMILES string of the molecule is [CH2]=[Zr+2]([C]1=CC2=C(CCC[C@H]2c2ccccc2)C1)[C]1=CC2=C(CCC[C@@H]2c2ccccc2)C1.[Cl-].[Cl-]. The topological polar surface area (TPSA) is 0 Å². The van der Waals surface area contributed by atoms with Gasteiger partial charge in [0.2, 0.25) is 0 Å². The van der Waals surface area contributed by atoms with Crippen LogP contribution < -0.4 is 24.8 Å². The average Bonchev–Trinajstić information content (AvgIpc) is 3.49. The van der Waals surface area contributed by atoms with E-state index in [0.717, 1.165) is 0 Å². The smallest absolute Gasteiger partial charge is 1.00 e. The summed E-state index contributed by atoms with van der Waals surface area (Å²) < 4.78 is 8.42. The predicted octanol–water partition coefficient (Wildman–Crippen LogP) is 2.15. The van der Waals surface area contributed by atoms with Gasteiger partial charge in [-0.15, -0.1) is 0 Å². The summed E-state index contributed by atoms with van der Waals surface area (Å²) in [5, 5.41) is 0. The molecule has 0 nitrogen and oxygen atoms in total. The number of benzene rings is 2. The van der Waals surface area contributed by atoms with Crippen molar-refractivity contribution in [3.63, 3.8) is 0 Å². The van der Waals surface area contributed by atoms with Crippen molar-refractivity contribution in [2.75, 3.05) is 0 Å². The molecule has 3 heteroatoms. The minimum Gasteiger partial charge on any atom is -1.00 e. The molecule has 0 saturated carbocycles. The van der Waals surface area contributed by atoms with Gasteiger partial charge in [-0.05, 0) is 0 Å². The Morgan fingerprint density at radius 1 is 0.618 bits per heavy atom. The summed E-state index contributed by atoms with van der Waals surface area (Å²) in [6.45, 7) is 0. The molecule has 6 rings (SSSR count). The summed E-state index contributed by atoms with van der Waals surface area (Å²) in [6.07, 6.45) is 15.7. The van der Waals surface area contributed by atoms with E-state index in [1.807, 2.05) is 0 Å². The molecule has 0 unspecified atom stereocenters. The predicted molar refractivity (Wildman–Crippen MR) is 133 cm³/mol. The first-order chi connectivity index (χ1) is 15.8. The Labute approximate surface area is 224 Å². The fourth-order valence-electron chi connectivity index (χ4n) is 6.51. The second-order valence-electron chi connectivity index (χ2n) is 10.0. The van der Waals surface area contributed by atoms with Gasteiger partial charge in [0.15, 0.2) is 0 Å². The zero-order chi connectivity index (χ0) is 21.5. The van der Waals surface area contributed by atoms with Gasteiger partial charge in [0.05, 0.1) is 0 Å². The minimum absolute atomic E-state index is 0. The van der Waals surface area contributed by atoms with Gasteiger partial charge in [-0.25, -0.2) is 0 Å². The first-order valence-electron chi connectivity index (χ1n) is 12.4. The molecule has 0 saturated heterocycles. The third-order valence-corrected chi connectivity index (χ3v) is 13.5. The molecule has 174 valence electrons. The molecule has 2 aromatic rings. The molecular weight excluding hydrogens is 534 g/mol. The fourth-order valence-corrected chi connectivity index (χ4v) is 11.2. The Morgan fingerprint density at radius 2 is 1.03 bits per heavy atom. The van der Waals surface area contributed by atoms with Crippen LogP contribution in [0.15, 0.2) is 102 Å². The summed E-state index contributed by atoms with van der Waals surface area (Å²) in [5.41, 5.74) is 9.82. The number of halogens is 2. The van der Waals surface area contributed by atoms with Crippen LogP contribution in [0, 0.1) is 0 Å². The molecule has 4 aliphatic carbocycles. The summed E-state index contributed by atoms with van der Waals surface area (Å²) >= 11 is -1.99. The zero-order valence-electron chi connectivity index (χ0n) is 19.7. The van der Waals surface area contributed by atoms with Crippen molar-refractivity contribution < 1.29 is 46.1 Å². The van der Waals surface area contributed by atoms with Crippen LogP contribution >= 0.6 is 0 Å². The van der Waals surface area contributed by atoms with Gasteiger partial charge in [-0.3, -0.25) is 0 Å². The van der Waals surface area contributed by atoms with E-state index in [1.165, 1.54) is 62.5 Å². The Kier molecular flexibility index (Phi) is 8.50. The van der Waals surface area contributed by atoms with Gasteiger partial charge in [0.1, 0.15) is 0 Å². The van der Waals surface area contributed by atoms with Crippen LogP contribution in [0.3, 0.4) is 0 Å². The van der Waals surface area contributed by atoms with E-state index in [0.29, 0.717) is 11.8 Å². The number of hydrogen-bond acceptors (Lipinski definition) is 0. The van der Waals surface area contributed by atoms with E-state index < -0.39 is 21.3 Å². The number of allylic oxidation sites excluding steroid dienone is 8. The summed E-state index contributed by atoms with van der Waals surface area (Å²) in [5.74, 6) is 1.22. The summed E-state index contributed by atoms with van der Waals surface area (Å²) in [7, 11) is 0. The third kappa shape index (κ3) is 4.86. The number of rotatable bonds is 4. The van der Waals surface area contributed by atoms with Crippen molar-refractivity contribution in [2.24, 2.45) is 0 Å². The second kappa shape index (κ2) is 11.2. The quantitative estimate of drug-likeness (QED) is 0.533. The van der Waals surface area contributed by atoms with E-state index >= 15 is 0 Å². The standard InChI is InChI=1S/2C15H15.CH2.2ClH.Zr/c2*1-2-6-12(7-3-1)14-10-4-8-13-9-5-11-15(13)14;;;;/h2*1-3,6-7,11,14H,4,8-10H2;1H2;2*1H;/q;;;;;+2/p-2/t2*14-;;;;/m10..../s1. The molecule has 0 bridgehead atoms. The van der Waals surface area contributed by atoms with Crippen molar-refractivity contribution in [3.05, 3.63) is 113 Å². The van der Waals surface area contributed by atoms with Crippen LogP contribution in [-0.2, 0) is 21.3 Å². The Balaban J connectivity index is 0.00000137. The monoisotopic (exact) mass is 564 g/mol. The maximum Gasteiger partial charge on any atom is -1.00 e. The fraction of sp³-hybridized carbons (Fsp3) is 0.323. The van der Waals surface area contributed by atoms with Crippen LogP contribution in [0.5, 0.6) is 0 Å². The van der Waals surface area contributed by atoms with Gasteiger partial charge < -0.3 is 24.8 Å². The molecule has 0 heterocycles. The largest absolute Gasteiger partial charge is 1.00 e. The normalized spacial score (nSPS) is 23.0. The third-order valence-electron chi connectivity index (χ3n) is 8.16. The molecule has 0 spiro atoms. The molecule has 2 atom stereocenters. The summed E-state index contributed by atoms with van der Waals surface area (Å²) in [4.78, 5) is 0. The van der Waals surface area contributed by atoms with E-state index in [2.05, 4.69) is 72.8 Å². The van der Waals surface area contributed by atoms with E-state index in [1.54, 1.807) is 28.9 Å². The molecule has 0 N–H and O–H groups in total. The van der Waals surface area contributed by atoms with Gasteiger partial charge in [-0.2, -0.15) is 0 Å². The van der Waals surface area contributed by atoms with Crippen LogP contribution in [0.2, 0.25) is 0 Å². The van der Waals surface area contributed by atoms with Crippen molar-refractivity contribution in [1.82, 2.24) is 0 Å². The molecule has 0 fully saturated rings. The molecule has 0 aliphatic heterocycles. The van der Waals surface area contributed by atoms with Crippen molar-refractivity contribution in [3.8, 4) is 0 Å². The van der Waals surface area contributed by atoms with E-state index in [9.17, 15) is 0 Å². The van der Waals surface area contributed by atoms with E-state index in [-0.39, 0.29) is 24.8 Å². The molecular formula is C31H32Cl2Zr. The average molecular weight is 567 g/mol. The molecule has 2 aromatic carbocycles. The van der Waals surface area contributed by atoms with Crippen molar-refractivity contribution in [1.29, 1.82) is 0 Å². The van der Waals surface area contributed by atoms with Crippen LogP contribution in [0.4, 0.5) is 0 Å². The first-order valence-corrected chi connectivity index (χ1v) is 16.6. The van der Waals surface area contributed by atoms with Gasteiger partial charge in [0, 0.05) is 0 Å². The zero-order valence-corrected chi connectivity index (χ0v) is 23.7. The second-order valence-corrected chi connectivity index (χ2v) is 15.5. The van der Waals surface area contributed by atoms with Crippen molar-refractivity contribution in [2.45, 2.75) is 63.2 Å². The van der Waals surface area contributed by atoms with Gasteiger partial charge in [0.25, 0.3) is 0 Å².